The third kappa shape index (κ3) is 4.32. The predicted octanol–water partition coefficient (Wildman–Crippen LogP) is 4.14. The van der Waals surface area contributed by atoms with E-state index in [9.17, 15) is 0 Å². The van der Waals surface area contributed by atoms with Crippen molar-refractivity contribution in [2.24, 2.45) is 0 Å². The summed E-state index contributed by atoms with van der Waals surface area (Å²) in [5.41, 5.74) is 3.96. The van der Waals surface area contributed by atoms with E-state index >= 15 is 0 Å². The number of likely N-dealkylation sites (N-methyl/N-ethyl adjacent to an activating group) is 1. The lowest BCUT2D eigenvalue weighted by molar-refractivity contribution is 0.405. The SMILES string of the molecule is CNC(Cc1ccccc1C)Cc1cc(Br)ccc1OC. The molecule has 0 amide bonds. The molecule has 0 bridgehead atoms. The molecule has 2 aromatic rings. The van der Waals surface area contributed by atoms with E-state index in [4.69, 9.17) is 4.74 Å². The molecule has 0 aliphatic carbocycles. The van der Waals surface area contributed by atoms with Gasteiger partial charge in [-0.25, -0.2) is 0 Å². The van der Waals surface area contributed by atoms with Crippen LogP contribution in [0.25, 0.3) is 0 Å². The number of hydrogen-bond donors (Lipinski definition) is 1. The average Bonchev–Trinajstić information content (AvgIpc) is 2.49. The van der Waals surface area contributed by atoms with E-state index in [1.165, 1.54) is 16.7 Å². The van der Waals surface area contributed by atoms with Crippen molar-refractivity contribution in [3.63, 3.8) is 0 Å². The van der Waals surface area contributed by atoms with Gasteiger partial charge in [0, 0.05) is 10.5 Å². The third-order valence-corrected chi connectivity index (χ3v) is 4.34. The quantitative estimate of drug-likeness (QED) is 0.847. The fourth-order valence-electron chi connectivity index (χ4n) is 2.55. The van der Waals surface area contributed by atoms with Crippen LogP contribution in [-0.2, 0) is 12.8 Å². The maximum absolute atomic E-state index is 5.47. The van der Waals surface area contributed by atoms with Crippen molar-refractivity contribution < 1.29 is 4.74 Å². The number of methoxy groups -OCH3 is 1. The van der Waals surface area contributed by atoms with E-state index in [0.29, 0.717) is 6.04 Å². The first-order chi connectivity index (χ1) is 10.1. The summed E-state index contributed by atoms with van der Waals surface area (Å²) in [6.07, 6.45) is 1.95. The van der Waals surface area contributed by atoms with Crippen LogP contribution in [0.2, 0.25) is 0 Å². The topological polar surface area (TPSA) is 21.3 Å². The Kier molecular flexibility index (Phi) is 5.83. The lowest BCUT2D eigenvalue weighted by Gasteiger charge is -2.19. The van der Waals surface area contributed by atoms with Gasteiger partial charge >= 0.3 is 0 Å². The molecule has 1 unspecified atom stereocenters. The number of ether oxygens (including phenoxy) is 1. The second-order valence-corrected chi connectivity index (χ2v) is 6.19. The molecule has 112 valence electrons. The van der Waals surface area contributed by atoms with E-state index in [1.807, 2.05) is 19.2 Å². The van der Waals surface area contributed by atoms with Crippen molar-refractivity contribution in [2.45, 2.75) is 25.8 Å². The maximum Gasteiger partial charge on any atom is 0.122 e. The summed E-state index contributed by atoms with van der Waals surface area (Å²) in [6.45, 7) is 2.17. The van der Waals surface area contributed by atoms with Crippen molar-refractivity contribution in [3.8, 4) is 5.75 Å². The Labute approximate surface area is 135 Å². The summed E-state index contributed by atoms with van der Waals surface area (Å²) in [5.74, 6) is 0.947. The number of nitrogens with one attached hydrogen (secondary N) is 1. The van der Waals surface area contributed by atoms with Crippen LogP contribution in [-0.4, -0.2) is 20.2 Å². The Hall–Kier alpha value is -1.32. The molecule has 3 heteroatoms. The molecule has 0 radical (unpaired) electrons. The third-order valence-electron chi connectivity index (χ3n) is 3.84. The van der Waals surface area contributed by atoms with Gasteiger partial charge in [0.25, 0.3) is 0 Å². The second-order valence-electron chi connectivity index (χ2n) is 5.28. The van der Waals surface area contributed by atoms with Gasteiger partial charge in [0.05, 0.1) is 7.11 Å². The van der Waals surface area contributed by atoms with Crippen LogP contribution in [0.5, 0.6) is 5.75 Å². The number of aryl methyl sites for hydroxylation is 1. The molecule has 2 rings (SSSR count). The van der Waals surface area contributed by atoms with Gasteiger partial charge in [-0.1, -0.05) is 40.2 Å². The minimum atomic E-state index is 0.384. The lowest BCUT2D eigenvalue weighted by atomic mass is 9.96. The van der Waals surface area contributed by atoms with Crippen molar-refractivity contribution in [1.29, 1.82) is 0 Å². The summed E-state index contributed by atoms with van der Waals surface area (Å²) in [4.78, 5) is 0. The molecule has 0 heterocycles. The van der Waals surface area contributed by atoms with Gasteiger partial charge in [-0.15, -0.1) is 0 Å². The fraction of sp³-hybridized carbons (Fsp3) is 0.333. The molecule has 0 aliphatic rings. The fourth-order valence-corrected chi connectivity index (χ4v) is 2.96. The first kappa shape index (κ1) is 16.1. The number of benzene rings is 2. The highest BCUT2D eigenvalue weighted by Crippen LogP contribution is 2.25. The first-order valence-electron chi connectivity index (χ1n) is 7.18. The van der Waals surface area contributed by atoms with E-state index in [0.717, 1.165) is 23.1 Å². The highest BCUT2D eigenvalue weighted by Gasteiger charge is 2.13. The largest absolute Gasteiger partial charge is 0.496 e. The molecule has 0 fully saturated rings. The summed E-state index contributed by atoms with van der Waals surface area (Å²) >= 11 is 3.54. The minimum Gasteiger partial charge on any atom is -0.496 e. The summed E-state index contributed by atoms with van der Waals surface area (Å²) < 4.78 is 6.56. The standard InChI is InChI=1S/C18H22BrNO/c1-13-6-4-5-7-14(13)11-17(20-2)12-15-10-16(19)8-9-18(15)21-3/h4-10,17,20H,11-12H2,1-3H3. The molecular weight excluding hydrogens is 326 g/mol. The Balaban J connectivity index is 2.16. The molecule has 1 atom stereocenters. The van der Waals surface area contributed by atoms with Crippen LogP contribution in [0.1, 0.15) is 16.7 Å². The predicted molar refractivity (Wildman–Crippen MR) is 92.1 cm³/mol. The molecule has 21 heavy (non-hydrogen) atoms. The lowest BCUT2D eigenvalue weighted by Crippen LogP contribution is -2.30. The van der Waals surface area contributed by atoms with Gasteiger partial charge in [0.2, 0.25) is 0 Å². The highest BCUT2D eigenvalue weighted by molar-refractivity contribution is 9.10. The van der Waals surface area contributed by atoms with Gasteiger partial charge in [-0.05, 0) is 61.7 Å². The normalized spacial score (nSPS) is 12.2. The monoisotopic (exact) mass is 347 g/mol. The van der Waals surface area contributed by atoms with E-state index in [1.54, 1.807) is 7.11 Å². The highest BCUT2D eigenvalue weighted by atomic mass is 79.9. The Morgan fingerprint density at radius 2 is 1.81 bits per heavy atom. The molecule has 1 N–H and O–H groups in total. The Morgan fingerprint density at radius 1 is 1.10 bits per heavy atom. The molecular formula is C18H22BrNO. The van der Waals surface area contributed by atoms with Crippen LogP contribution in [0.4, 0.5) is 0 Å². The van der Waals surface area contributed by atoms with E-state index in [-0.39, 0.29) is 0 Å². The summed E-state index contributed by atoms with van der Waals surface area (Å²) in [7, 11) is 3.75. The summed E-state index contributed by atoms with van der Waals surface area (Å²) in [5, 5.41) is 3.43. The summed E-state index contributed by atoms with van der Waals surface area (Å²) in [6, 6.07) is 15.1. The molecule has 0 spiro atoms. The molecule has 0 saturated heterocycles. The van der Waals surface area contributed by atoms with Crippen LogP contribution in [0.15, 0.2) is 46.9 Å². The van der Waals surface area contributed by atoms with Gasteiger partial charge in [-0.3, -0.25) is 0 Å². The van der Waals surface area contributed by atoms with Gasteiger partial charge in [0.15, 0.2) is 0 Å². The van der Waals surface area contributed by atoms with Crippen molar-refractivity contribution in [3.05, 3.63) is 63.6 Å². The smallest absolute Gasteiger partial charge is 0.122 e. The zero-order chi connectivity index (χ0) is 15.2. The van der Waals surface area contributed by atoms with Crippen molar-refractivity contribution in [2.75, 3.05) is 14.2 Å². The second kappa shape index (κ2) is 7.62. The molecule has 0 aromatic heterocycles. The molecule has 2 nitrogen and oxygen atoms in total. The van der Waals surface area contributed by atoms with Gasteiger partial charge in [0.1, 0.15) is 5.75 Å². The van der Waals surface area contributed by atoms with Crippen LogP contribution in [0, 0.1) is 6.92 Å². The van der Waals surface area contributed by atoms with E-state index < -0.39 is 0 Å². The zero-order valence-corrected chi connectivity index (χ0v) is 14.4. The van der Waals surface area contributed by atoms with Crippen molar-refractivity contribution in [1.82, 2.24) is 5.32 Å². The molecule has 0 aliphatic heterocycles. The minimum absolute atomic E-state index is 0.384. The number of hydrogen-bond acceptors (Lipinski definition) is 2. The number of halogens is 1. The van der Waals surface area contributed by atoms with Gasteiger partial charge < -0.3 is 10.1 Å². The zero-order valence-electron chi connectivity index (χ0n) is 12.8. The van der Waals surface area contributed by atoms with Crippen LogP contribution < -0.4 is 10.1 Å². The van der Waals surface area contributed by atoms with Gasteiger partial charge in [-0.2, -0.15) is 0 Å². The van der Waals surface area contributed by atoms with E-state index in [2.05, 4.69) is 58.5 Å². The van der Waals surface area contributed by atoms with Crippen LogP contribution >= 0.6 is 15.9 Å². The number of rotatable bonds is 6. The molecule has 2 aromatic carbocycles. The van der Waals surface area contributed by atoms with Crippen molar-refractivity contribution >= 4 is 15.9 Å². The molecule has 0 saturated carbocycles. The maximum atomic E-state index is 5.47. The Bertz CT molecular complexity index is 598. The first-order valence-corrected chi connectivity index (χ1v) is 7.97. The average molecular weight is 348 g/mol. The Morgan fingerprint density at radius 3 is 2.48 bits per heavy atom. The van der Waals surface area contributed by atoms with Crippen LogP contribution in [0.3, 0.4) is 0 Å².